The van der Waals surface area contributed by atoms with Crippen molar-refractivity contribution in [2.45, 2.75) is 50.2 Å². The summed E-state index contributed by atoms with van der Waals surface area (Å²) in [4.78, 5) is 0. The normalized spacial score (nSPS) is 28.6. The van der Waals surface area contributed by atoms with Crippen LogP contribution >= 0.6 is 0 Å². The van der Waals surface area contributed by atoms with Crippen molar-refractivity contribution in [1.29, 1.82) is 0 Å². The molecule has 0 aromatic heterocycles. The van der Waals surface area contributed by atoms with Crippen LogP contribution in [-0.2, 0) is 14.9 Å². The molecule has 0 radical (unpaired) electrons. The second-order valence-corrected chi connectivity index (χ2v) is 6.68. The zero-order chi connectivity index (χ0) is 16.1. The smallest absolute Gasteiger partial charge is 0.157 e. The van der Waals surface area contributed by atoms with E-state index < -0.39 is 0 Å². The third-order valence-electron chi connectivity index (χ3n) is 5.08. The average Bonchev–Trinajstić information content (AvgIpc) is 2.59. The third kappa shape index (κ3) is 3.97. The monoisotopic (exact) mass is 321 g/mol. The van der Waals surface area contributed by atoms with Crippen molar-refractivity contribution in [3.8, 4) is 11.5 Å². The van der Waals surface area contributed by atoms with Crippen molar-refractivity contribution >= 4 is 0 Å². The van der Waals surface area contributed by atoms with Crippen LogP contribution in [0, 0.1) is 0 Å². The molecule has 1 aromatic rings. The van der Waals surface area contributed by atoms with Gasteiger partial charge in [-0.1, -0.05) is 6.07 Å². The largest absolute Gasteiger partial charge is 0.504 e. The molecule has 2 aliphatic heterocycles. The molecule has 0 bridgehead atoms. The highest BCUT2D eigenvalue weighted by Crippen LogP contribution is 2.38. The molecule has 3 rings (SSSR count). The lowest BCUT2D eigenvalue weighted by Crippen LogP contribution is -2.44. The molecule has 0 amide bonds. The van der Waals surface area contributed by atoms with E-state index in [1.54, 1.807) is 12.1 Å². The summed E-state index contributed by atoms with van der Waals surface area (Å²) >= 11 is 0. The highest BCUT2D eigenvalue weighted by atomic mass is 16.7. The van der Waals surface area contributed by atoms with Crippen molar-refractivity contribution in [1.82, 2.24) is 5.32 Å². The second-order valence-electron chi connectivity index (χ2n) is 6.68. The number of hydrogen-bond donors (Lipinski definition) is 3. The Kier molecular flexibility index (Phi) is 5.41. The van der Waals surface area contributed by atoms with Crippen molar-refractivity contribution in [3.63, 3.8) is 0 Å². The molecule has 23 heavy (non-hydrogen) atoms. The molecule has 5 heteroatoms. The van der Waals surface area contributed by atoms with Gasteiger partial charge in [0.15, 0.2) is 17.8 Å². The minimum absolute atomic E-state index is 0.0519. The first-order valence-electron chi connectivity index (χ1n) is 8.66. The fourth-order valence-corrected chi connectivity index (χ4v) is 3.65. The Hall–Kier alpha value is -1.30. The van der Waals surface area contributed by atoms with Gasteiger partial charge in [0.25, 0.3) is 0 Å². The number of benzene rings is 1. The molecule has 2 heterocycles. The number of rotatable bonds is 5. The van der Waals surface area contributed by atoms with Gasteiger partial charge in [0.1, 0.15) is 0 Å². The SMILES string of the molecule is Oc1ccc(C2(CCOC3CCCCO3)CCCNC2)cc1O. The second kappa shape index (κ2) is 7.51. The Balaban J connectivity index is 1.67. The lowest BCUT2D eigenvalue weighted by molar-refractivity contribution is -0.164. The molecule has 2 fully saturated rings. The zero-order valence-electron chi connectivity index (χ0n) is 13.6. The van der Waals surface area contributed by atoms with E-state index in [1.165, 1.54) is 6.42 Å². The standard InChI is InChI=1S/C18H27NO4/c20-15-6-5-14(12-16(15)21)18(7-3-9-19-13-18)8-11-23-17-4-1-2-10-22-17/h5-6,12,17,19-21H,1-4,7-11,13H2. The van der Waals surface area contributed by atoms with Crippen LogP contribution in [-0.4, -0.2) is 42.8 Å². The first-order valence-corrected chi connectivity index (χ1v) is 8.66. The summed E-state index contributed by atoms with van der Waals surface area (Å²) in [5.74, 6) is -0.122. The molecule has 0 spiro atoms. The maximum atomic E-state index is 9.85. The molecule has 5 nitrogen and oxygen atoms in total. The van der Waals surface area contributed by atoms with Gasteiger partial charge < -0.3 is 25.0 Å². The molecule has 2 atom stereocenters. The van der Waals surface area contributed by atoms with E-state index >= 15 is 0 Å². The maximum Gasteiger partial charge on any atom is 0.157 e. The van der Waals surface area contributed by atoms with Crippen LogP contribution in [0.15, 0.2) is 18.2 Å². The highest BCUT2D eigenvalue weighted by Gasteiger charge is 2.34. The summed E-state index contributed by atoms with van der Waals surface area (Å²) in [6, 6.07) is 5.19. The highest BCUT2D eigenvalue weighted by molar-refractivity contribution is 5.43. The van der Waals surface area contributed by atoms with Crippen molar-refractivity contribution in [2.24, 2.45) is 0 Å². The topological polar surface area (TPSA) is 71.0 Å². The van der Waals surface area contributed by atoms with E-state index in [9.17, 15) is 10.2 Å². The van der Waals surface area contributed by atoms with Gasteiger partial charge in [0.05, 0.1) is 6.61 Å². The van der Waals surface area contributed by atoms with Crippen molar-refractivity contribution in [3.05, 3.63) is 23.8 Å². The third-order valence-corrected chi connectivity index (χ3v) is 5.08. The molecule has 0 saturated carbocycles. The summed E-state index contributed by atoms with van der Waals surface area (Å²) in [6.07, 6.45) is 6.24. The van der Waals surface area contributed by atoms with Gasteiger partial charge in [-0.25, -0.2) is 0 Å². The van der Waals surface area contributed by atoms with Gasteiger partial charge in [-0.15, -0.1) is 0 Å². The lowest BCUT2D eigenvalue weighted by Gasteiger charge is -2.39. The van der Waals surface area contributed by atoms with Crippen LogP contribution in [0.3, 0.4) is 0 Å². The fraction of sp³-hybridized carbons (Fsp3) is 0.667. The van der Waals surface area contributed by atoms with Crippen LogP contribution in [0.4, 0.5) is 0 Å². The van der Waals surface area contributed by atoms with Gasteiger partial charge in [0.2, 0.25) is 0 Å². The maximum absolute atomic E-state index is 9.85. The number of phenols is 2. The lowest BCUT2D eigenvalue weighted by atomic mass is 9.72. The summed E-state index contributed by atoms with van der Waals surface area (Å²) in [5, 5.41) is 22.9. The minimum atomic E-state index is -0.0699. The Bertz CT molecular complexity index is 508. The summed E-state index contributed by atoms with van der Waals surface area (Å²) in [5.41, 5.74) is 1.01. The summed E-state index contributed by atoms with van der Waals surface area (Å²) in [7, 11) is 0. The molecular formula is C18H27NO4. The molecule has 0 aliphatic carbocycles. The molecule has 3 N–H and O–H groups in total. The van der Waals surface area contributed by atoms with Crippen molar-refractivity contribution < 1.29 is 19.7 Å². The quantitative estimate of drug-likeness (QED) is 0.727. The van der Waals surface area contributed by atoms with Crippen LogP contribution in [0.2, 0.25) is 0 Å². The number of piperidine rings is 1. The number of phenolic OH excluding ortho intramolecular Hbond substituents is 2. The number of ether oxygens (including phenoxy) is 2. The van der Waals surface area contributed by atoms with E-state index in [0.717, 1.165) is 57.4 Å². The first-order chi connectivity index (χ1) is 11.2. The van der Waals surface area contributed by atoms with Gasteiger partial charge >= 0.3 is 0 Å². The van der Waals surface area contributed by atoms with Gasteiger partial charge in [-0.05, 0) is 62.8 Å². The van der Waals surface area contributed by atoms with E-state index in [2.05, 4.69) is 5.32 Å². The molecule has 2 unspecified atom stereocenters. The molecule has 2 aliphatic rings. The molecule has 2 saturated heterocycles. The minimum Gasteiger partial charge on any atom is -0.504 e. The first kappa shape index (κ1) is 16.6. The van der Waals surface area contributed by atoms with Crippen LogP contribution in [0.25, 0.3) is 0 Å². The van der Waals surface area contributed by atoms with Gasteiger partial charge in [0, 0.05) is 18.6 Å². The van der Waals surface area contributed by atoms with Gasteiger partial charge in [-0.3, -0.25) is 0 Å². The Morgan fingerprint density at radius 3 is 2.83 bits per heavy atom. The molecule has 128 valence electrons. The summed E-state index contributed by atoms with van der Waals surface area (Å²) in [6.45, 7) is 3.34. The van der Waals surface area contributed by atoms with E-state index in [4.69, 9.17) is 9.47 Å². The molecular weight excluding hydrogens is 294 g/mol. The van der Waals surface area contributed by atoms with Crippen molar-refractivity contribution in [2.75, 3.05) is 26.3 Å². The predicted octanol–water partition coefficient (Wildman–Crippen LogP) is 2.65. The van der Waals surface area contributed by atoms with Crippen LogP contribution in [0.1, 0.15) is 44.1 Å². The summed E-state index contributed by atoms with van der Waals surface area (Å²) < 4.78 is 11.6. The van der Waals surface area contributed by atoms with E-state index in [1.807, 2.05) is 6.07 Å². The van der Waals surface area contributed by atoms with E-state index in [0.29, 0.717) is 6.61 Å². The molecule has 1 aromatic carbocycles. The Morgan fingerprint density at radius 2 is 2.13 bits per heavy atom. The Labute approximate surface area is 137 Å². The number of nitrogens with one attached hydrogen (secondary N) is 1. The average molecular weight is 321 g/mol. The predicted molar refractivity (Wildman–Crippen MR) is 87.7 cm³/mol. The van der Waals surface area contributed by atoms with Crippen LogP contribution in [0.5, 0.6) is 11.5 Å². The zero-order valence-corrected chi connectivity index (χ0v) is 13.6. The number of hydrogen-bond acceptors (Lipinski definition) is 5. The van der Waals surface area contributed by atoms with Gasteiger partial charge in [-0.2, -0.15) is 0 Å². The number of aromatic hydroxyl groups is 2. The van der Waals surface area contributed by atoms with E-state index in [-0.39, 0.29) is 23.2 Å². The fourth-order valence-electron chi connectivity index (χ4n) is 3.65. The van der Waals surface area contributed by atoms with Crippen LogP contribution < -0.4 is 5.32 Å². The Morgan fingerprint density at radius 1 is 1.22 bits per heavy atom.